The van der Waals surface area contributed by atoms with Crippen LogP contribution in [0.15, 0.2) is 11.1 Å². The van der Waals surface area contributed by atoms with Crippen LogP contribution in [0.3, 0.4) is 0 Å². The van der Waals surface area contributed by atoms with Crippen LogP contribution in [-0.4, -0.2) is 24.3 Å². The minimum absolute atomic E-state index is 0.0778. The maximum Gasteiger partial charge on any atom is 0.315 e. The summed E-state index contributed by atoms with van der Waals surface area (Å²) in [5.74, 6) is 1.04. The van der Waals surface area contributed by atoms with Gasteiger partial charge in [-0.25, -0.2) is 0 Å². The number of nitrogens with zero attached hydrogens (tertiary/aromatic N) is 1. The van der Waals surface area contributed by atoms with Crippen molar-refractivity contribution in [3.8, 4) is 6.07 Å². The highest BCUT2D eigenvalue weighted by Crippen LogP contribution is 2.79. The van der Waals surface area contributed by atoms with Crippen molar-refractivity contribution >= 4 is 5.97 Å². The second-order valence-corrected chi connectivity index (χ2v) is 9.82. The van der Waals surface area contributed by atoms with Crippen LogP contribution in [0.4, 0.5) is 0 Å². The molecule has 4 heteroatoms. The summed E-state index contributed by atoms with van der Waals surface area (Å²) >= 11 is 0. The summed E-state index contributed by atoms with van der Waals surface area (Å²) in [6.07, 6.45) is 4.82. The lowest BCUT2D eigenvalue weighted by atomic mass is 9.47. The average Bonchev–Trinajstić information content (AvgIpc) is 3.19. The summed E-state index contributed by atoms with van der Waals surface area (Å²) in [5, 5.41) is 21.1. The Bertz CT molecular complexity index is 720. The van der Waals surface area contributed by atoms with E-state index in [0.717, 1.165) is 37.7 Å². The zero-order valence-corrected chi connectivity index (χ0v) is 17.1. The van der Waals surface area contributed by atoms with Crippen LogP contribution >= 0.6 is 0 Å². The fraction of sp³-hybridized carbons (Fsp3) is 0.826. The van der Waals surface area contributed by atoms with Crippen LogP contribution in [0.25, 0.3) is 0 Å². The molecule has 3 saturated carbocycles. The summed E-state index contributed by atoms with van der Waals surface area (Å²) in [7, 11) is 0. The van der Waals surface area contributed by atoms with Crippen molar-refractivity contribution < 1.29 is 14.6 Å². The number of rotatable bonds is 6. The molecule has 4 aliphatic rings. The monoisotopic (exact) mass is 371 g/mol. The zero-order valence-electron chi connectivity index (χ0n) is 17.1. The maximum absolute atomic E-state index is 13.0. The summed E-state index contributed by atoms with van der Waals surface area (Å²) in [6, 6.07) is 2.67. The van der Waals surface area contributed by atoms with E-state index in [-0.39, 0.29) is 23.7 Å². The molecule has 1 N–H and O–H groups in total. The maximum atomic E-state index is 13.0. The lowest BCUT2D eigenvalue weighted by Gasteiger charge is -2.53. The highest BCUT2D eigenvalue weighted by Gasteiger charge is 2.80. The first-order valence-electron chi connectivity index (χ1n) is 10.8. The van der Waals surface area contributed by atoms with Gasteiger partial charge in [0.1, 0.15) is 5.41 Å². The molecule has 7 unspecified atom stereocenters. The number of hydrogen-bond donors (Lipinski definition) is 1. The summed E-state index contributed by atoms with van der Waals surface area (Å²) in [5.41, 5.74) is 0.558. The van der Waals surface area contributed by atoms with Crippen molar-refractivity contribution in [2.75, 3.05) is 13.2 Å². The molecule has 4 rings (SSSR count). The molecule has 0 aromatic carbocycles. The molecule has 3 fully saturated rings. The van der Waals surface area contributed by atoms with Gasteiger partial charge in [0.15, 0.2) is 0 Å². The Hall–Kier alpha value is -1.34. The number of fused-ring (bicyclic) bond motifs is 2. The topological polar surface area (TPSA) is 70.3 Å². The van der Waals surface area contributed by atoms with E-state index in [9.17, 15) is 15.2 Å². The van der Waals surface area contributed by atoms with Gasteiger partial charge in [0.2, 0.25) is 0 Å². The lowest BCUT2D eigenvalue weighted by Crippen LogP contribution is -2.57. The molecule has 0 spiro atoms. The highest BCUT2D eigenvalue weighted by molar-refractivity contribution is 5.85. The van der Waals surface area contributed by atoms with E-state index >= 15 is 0 Å². The number of carbonyl (C=O) groups is 1. The standard InChI is InChI=1S/C23H33NO3/c1-5-8-27-11-17-16-10-22(12-24)18-7-6-14(4)15(18)9-19(16)23(22,21(25)26)20(17)13(2)3/h13-16,18-19H,5-11H2,1-4H3,(H,25,26). The quantitative estimate of drug-likeness (QED) is 0.544. The number of ether oxygens (including phenoxy) is 1. The van der Waals surface area contributed by atoms with Gasteiger partial charge < -0.3 is 9.84 Å². The molecular weight excluding hydrogens is 338 g/mol. The zero-order chi connectivity index (χ0) is 19.6. The predicted octanol–water partition coefficient (Wildman–Crippen LogP) is 4.66. The normalized spacial score (nSPS) is 44.7. The number of carboxylic acids is 1. The molecule has 0 aromatic heterocycles. The van der Waals surface area contributed by atoms with E-state index in [1.54, 1.807) is 0 Å². The van der Waals surface area contributed by atoms with Crippen LogP contribution in [0.2, 0.25) is 0 Å². The SMILES string of the molecule is CCCOCC1=C(C(C)C)C2(C(=O)O)C3CC4C(C)CCC4C2(C#N)CC13. The molecule has 0 aromatic rings. The van der Waals surface area contributed by atoms with Crippen LogP contribution in [-0.2, 0) is 9.53 Å². The molecule has 0 heterocycles. The molecule has 4 bridgehead atoms. The molecule has 0 saturated heterocycles. The fourth-order valence-corrected chi connectivity index (χ4v) is 7.91. The van der Waals surface area contributed by atoms with Crippen LogP contribution < -0.4 is 0 Å². The largest absolute Gasteiger partial charge is 0.481 e. The van der Waals surface area contributed by atoms with Crippen molar-refractivity contribution in [1.82, 2.24) is 0 Å². The van der Waals surface area contributed by atoms with E-state index in [1.165, 1.54) is 5.57 Å². The Morgan fingerprint density at radius 2 is 2.11 bits per heavy atom. The third-order valence-corrected chi connectivity index (χ3v) is 8.57. The van der Waals surface area contributed by atoms with Gasteiger partial charge in [0.05, 0.1) is 18.1 Å². The average molecular weight is 372 g/mol. The number of hydrogen-bond acceptors (Lipinski definition) is 3. The lowest BCUT2D eigenvalue weighted by molar-refractivity contribution is -0.161. The summed E-state index contributed by atoms with van der Waals surface area (Å²) in [4.78, 5) is 13.0. The highest BCUT2D eigenvalue weighted by atomic mass is 16.5. The predicted molar refractivity (Wildman–Crippen MR) is 103 cm³/mol. The van der Waals surface area contributed by atoms with Crippen molar-refractivity contribution in [2.24, 2.45) is 46.3 Å². The molecule has 7 atom stereocenters. The van der Waals surface area contributed by atoms with Gasteiger partial charge in [0.25, 0.3) is 0 Å². The molecule has 0 radical (unpaired) electrons. The summed E-state index contributed by atoms with van der Waals surface area (Å²) < 4.78 is 5.92. The molecule has 0 amide bonds. The number of aliphatic carboxylic acids is 1. The molecule has 4 nitrogen and oxygen atoms in total. The first-order valence-corrected chi connectivity index (χ1v) is 10.8. The number of carboxylic acid groups (broad SMARTS) is 1. The van der Waals surface area contributed by atoms with Gasteiger partial charge in [-0.05, 0) is 72.3 Å². The Balaban J connectivity index is 1.89. The van der Waals surface area contributed by atoms with Gasteiger partial charge >= 0.3 is 5.97 Å². The second kappa shape index (κ2) is 6.34. The van der Waals surface area contributed by atoms with E-state index in [2.05, 4.69) is 33.8 Å². The minimum atomic E-state index is -0.989. The van der Waals surface area contributed by atoms with Crippen LogP contribution in [0.1, 0.15) is 59.8 Å². The Morgan fingerprint density at radius 1 is 1.37 bits per heavy atom. The van der Waals surface area contributed by atoms with E-state index in [0.29, 0.717) is 25.0 Å². The van der Waals surface area contributed by atoms with Gasteiger partial charge in [-0.2, -0.15) is 5.26 Å². The Kier molecular flexibility index (Phi) is 4.46. The van der Waals surface area contributed by atoms with E-state index in [1.807, 2.05) is 0 Å². The van der Waals surface area contributed by atoms with Crippen LogP contribution in [0.5, 0.6) is 0 Å². The van der Waals surface area contributed by atoms with Gasteiger partial charge in [-0.1, -0.05) is 34.1 Å². The van der Waals surface area contributed by atoms with Crippen molar-refractivity contribution in [1.29, 1.82) is 5.26 Å². The van der Waals surface area contributed by atoms with Gasteiger partial charge in [-0.15, -0.1) is 0 Å². The van der Waals surface area contributed by atoms with Crippen molar-refractivity contribution in [2.45, 2.75) is 59.8 Å². The smallest absolute Gasteiger partial charge is 0.315 e. The molecular formula is C23H33NO3. The van der Waals surface area contributed by atoms with E-state index in [4.69, 9.17) is 4.74 Å². The van der Waals surface area contributed by atoms with Gasteiger partial charge in [0, 0.05) is 6.61 Å². The molecule has 148 valence electrons. The third kappa shape index (κ3) is 2.10. The molecule has 27 heavy (non-hydrogen) atoms. The molecule has 0 aliphatic heterocycles. The van der Waals surface area contributed by atoms with Gasteiger partial charge in [-0.3, -0.25) is 4.79 Å². The third-order valence-electron chi connectivity index (χ3n) is 8.57. The van der Waals surface area contributed by atoms with E-state index < -0.39 is 16.8 Å². The summed E-state index contributed by atoms with van der Waals surface area (Å²) in [6.45, 7) is 9.86. The first-order chi connectivity index (χ1) is 12.9. The van der Waals surface area contributed by atoms with Crippen molar-refractivity contribution in [3.05, 3.63) is 11.1 Å². The van der Waals surface area contributed by atoms with Crippen LogP contribution in [0, 0.1) is 57.7 Å². The Morgan fingerprint density at radius 3 is 2.70 bits per heavy atom. The first kappa shape index (κ1) is 19.0. The molecule has 4 aliphatic carbocycles. The second-order valence-electron chi connectivity index (χ2n) is 9.82. The number of nitriles is 1. The Labute approximate surface area is 163 Å². The van der Waals surface area contributed by atoms with Crippen molar-refractivity contribution in [3.63, 3.8) is 0 Å². The fourth-order valence-electron chi connectivity index (χ4n) is 7.91. The minimum Gasteiger partial charge on any atom is -0.481 e.